The molecule has 0 unspecified atom stereocenters. The molecule has 0 heterocycles. The van der Waals surface area contributed by atoms with E-state index in [0.717, 1.165) is 3.57 Å². The molecule has 0 aliphatic heterocycles. The van der Waals surface area contributed by atoms with Crippen LogP contribution in [-0.2, 0) is 0 Å². The molecule has 2 aromatic carbocycles. The van der Waals surface area contributed by atoms with Crippen molar-refractivity contribution < 1.29 is 19.1 Å². The Morgan fingerprint density at radius 3 is 2.08 bits per heavy atom. The number of carbonyl (C=O) groups excluding carboxylic acids is 2. The maximum Gasteiger partial charge on any atom is 0.252 e. The van der Waals surface area contributed by atoms with E-state index in [0.29, 0.717) is 35.7 Å². The third-order valence-corrected chi connectivity index (χ3v) is 4.34. The van der Waals surface area contributed by atoms with Crippen molar-refractivity contribution >= 4 is 34.4 Å². The summed E-state index contributed by atoms with van der Waals surface area (Å²) in [6, 6.07) is 12.3. The number of amides is 2. The predicted octanol–water partition coefficient (Wildman–Crippen LogP) is 2.47. The first-order chi connectivity index (χ1) is 12.1. The van der Waals surface area contributed by atoms with Gasteiger partial charge < -0.3 is 20.1 Å². The minimum absolute atomic E-state index is 0.171. The molecule has 6 nitrogen and oxygen atoms in total. The lowest BCUT2D eigenvalue weighted by Crippen LogP contribution is -2.35. The Labute approximate surface area is 160 Å². The van der Waals surface area contributed by atoms with Gasteiger partial charge in [-0.2, -0.15) is 0 Å². The molecule has 0 atom stereocenters. The van der Waals surface area contributed by atoms with Gasteiger partial charge in [-0.3, -0.25) is 9.59 Å². The molecule has 0 aliphatic rings. The van der Waals surface area contributed by atoms with E-state index in [9.17, 15) is 9.59 Å². The molecule has 2 amide bonds. The molecule has 2 rings (SSSR count). The van der Waals surface area contributed by atoms with Crippen molar-refractivity contribution in [1.29, 1.82) is 0 Å². The molecule has 2 N–H and O–H groups in total. The highest BCUT2D eigenvalue weighted by molar-refractivity contribution is 14.1. The highest BCUT2D eigenvalue weighted by Gasteiger charge is 2.15. The lowest BCUT2D eigenvalue weighted by atomic mass is 10.2. The summed E-state index contributed by atoms with van der Waals surface area (Å²) in [5.74, 6) is 0.652. The molecule has 0 aliphatic carbocycles. The SMILES string of the molecule is COc1cc(I)c(C(=O)NCCNC(=O)c2ccccc2)cc1OC. The fourth-order valence-corrected chi connectivity index (χ4v) is 2.85. The molecular formula is C18H19IN2O4. The van der Waals surface area contributed by atoms with E-state index in [1.54, 1.807) is 43.5 Å². The van der Waals surface area contributed by atoms with Gasteiger partial charge in [0.1, 0.15) is 0 Å². The lowest BCUT2D eigenvalue weighted by molar-refractivity contribution is 0.0927. The summed E-state index contributed by atoms with van der Waals surface area (Å²) in [5.41, 5.74) is 1.08. The number of carbonyl (C=O) groups is 2. The van der Waals surface area contributed by atoms with Gasteiger partial charge in [-0.25, -0.2) is 0 Å². The van der Waals surface area contributed by atoms with Crippen molar-refractivity contribution in [2.24, 2.45) is 0 Å². The van der Waals surface area contributed by atoms with Crippen molar-refractivity contribution in [2.75, 3.05) is 27.3 Å². The van der Waals surface area contributed by atoms with Crippen LogP contribution in [0.5, 0.6) is 11.5 Å². The number of halogens is 1. The summed E-state index contributed by atoms with van der Waals surface area (Å²) in [6.07, 6.45) is 0. The van der Waals surface area contributed by atoms with Crippen LogP contribution in [0.2, 0.25) is 0 Å². The lowest BCUT2D eigenvalue weighted by Gasteiger charge is -2.12. The quantitative estimate of drug-likeness (QED) is 0.498. The number of rotatable bonds is 7. The topological polar surface area (TPSA) is 76.7 Å². The van der Waals surface area contributed by atoms with Crippen LogP contribution in [0.1, 0.15) is 20.7 Å². The molecule has 2 aromatic rings. The van der Waals surface area contributed by atoms with E-state index in [2.05, 4.69) is 33.2 Å². The molecule has 0 fully saturated rings. The summed E-state index contributed by atoms with van der Waals surface area (Å²) < 4.78 is 11.2. The molecule has 0 bridgehead atoms. The number of hydrogen-bond acceptors (Lipinski definition) is 4. The Morgan fingerprint density at radius 2 is 1.48 bits per heavy atom. The van der Waals surface area contributed by atoms with Crippen LogP contribution in [0.15, 0.2) is 42.5 Å². The van der Waals surface area contributed by atoms with Crippen LogP contribution in [0.25, 0.3) is 0 Å². The normalized spacial score (nSPS) is 10.0. The molecule has 0 spiro atoms. The largest absolute Gasteiger partial charge is 0.493 e. The standard InChI is InChI=1S/C18H19IN2O4/c1-24-15-10-13(14(19)11-16(15)25-2)18(23)21-9-8-20-17(22)12-6-4-3-5-7-12/h3-7,10-11H,8-9H2,1-2H3,(H,20,22)(H,21,23). The number of hydrogen-bond donors (Lipinski definition) is 2. The van der Waals surface area contributed by atoms with E-state index in [-0.39, 0.29) is 11.8 Å². The second kappa shape index (κ2) is 9.26. The fraction of sp³-hybridized carbons (Fsp3) is 0.222. The van der Waals surface area contributed by atoms with E-state index < -0.39 is 0 Å². The molecule has 0 radical (unpaired) electrons. The monoisotopic (exact) mass is 454 g/mol. The Kier molecular flexibility index (Phi) is 7.05. The predicted molar refractivity (Wildman–Crippen MR) is 103 cm³/mol. The van der Waals surface area contributed by atoms with Crippen molar-refractivity contribution in [3.8, 4) is 11.5 Å². The Balaban J connectivity index is 1.89. The van der Waals surface area contributed by atoms with Crippen LogP contribution < -0.4 is 20.1 Å². The second-order valence-electron chi connectivity index (χ2n) is 5.06. The van der Waals surface area contributed by atoms with Crippen molar-refractivity contribution in [3.63, 3.8) is 0 Å². The van der Waals surface area contributed by atoms with Crippen LogP contribution in [-0.4, -0.2) is 39.1 Å². The molecule has 7 heteroatoms. The summed E-state index contributed by atoms with van der Waals surface area (Å²) in [4.78, 5) is 24.2. The van der Waals surface area contributed by atoms with Crippen molar-refractivity contribution in [3.05, 3.63) is 57.2 Å². The molecule has 132 valence electrons. The highest BCUT2D eigenvalue weighted by atomic mass is 127. The summed E-state index contributed by atoms with van der Waals surface area (Å²) in [7, 11) is 3.06. The van der Waals surface area contributed by atoms with E-state index in [4.69, 9.17) is 9.47 Å². The highest BCUT2D eigenvalue weighted by Crippen LogP contribution is 2.31. The van der Waals surface area contributed by atoms with Gasteiger partial charge >= 0.3 is 0 Å². The third-order valence-electron chi connectivity index (χ3n) is 3.45. The van der Waals surface area contributed by atoms with Gasteiger partial charge in [-0.1, -0.05) is 18.2 Å². The second-order valence-corrected chi connectivity index (χ2v) is 6.23. The van der Waals surface area contributed by atoms with Gasteiger partial charge in [0.15, 0.2) is 11.5 Å². The number of nitrogens with one attached hydrogen (secondary N) is 2. The number of ether oxygens (including phenoxy) is 2. The molecule has 0 saturated carbocycles. The first kappa shape index (κ1) is 19.0. The molecule has 25 heavy (non-hydrogen) atoms. The van der Waals surface area contributed by atoms with Crippen LogP contribution in [0.3, 0.4) is 0 Å². The zero-order valence-electron chi connectivity index (χ0n) is 14.0. The molecule has 0 aromatic heterocycles. The Morgan fingerprint density at radius 1 is 0.920 bits per heavy atom. The third kappa shape index (κ3) is 5.09. The Hall–Kier alpha value is -2.29. The van der Waals surface area contributed by atoms with Gasteiger partial charge in [-0.15, -0.1) is 0 Å². The van der Waals surface area contributed by atoms with Gasteiger partial charge in [0.25, 0.3) is 11.8 Å². The van der Waals surface area contributed by atoms with Crippen LogP contribution >= 0.6 is 22.6 Å². The Bertz CT molecular complexity index is 750. The maximum atomic E-state index is 12.3. The van der Waals surface area contributed by atoms with Crippen molar-refractivity contribution in [2.45, 2.75) is 0 Å². The summed E-state index contributed by atoms with van der Waals surface area (Å²) >= 11 is 2.07. The summed E-state index contributed by atoms with van der Waals surface area (Å²) in [6.45, 7) is 0.658. The zero-order chi connectivity index (χ0) is 18.2. The minimum atomic E-state index is -0.237. The van der Waals surface area contributed by atoms with Gasteiger partial charge in [0.2, 0.25) is 0 Å². The average Bonchev–Trinajstić information content (AvgIpc) is 2.65. The van der Waals surface area contributed by atoms with Gasteiger partial charge in [-0.05, 0) is 46.9 Å². The first-order valence-corrected chi connectivity index (χ1v) is 8.67. The van der Waals surface area contributed by atoms with Crippen LogP contribution in [0, 0.1) is 3.57 Å². The number of benzene rings is 2. The van der Waals surface area contributed by atoms with E-state index >= 15 is 0 Å². The molecular weight excluding hydrogens is 435 g/mol. The maximum absolute atomic E-state index is 12.3. The summed E-state index contributed by atoms with van der Waals surface area (Å²) in [5, 5.41) is 5.54. The van der Waals surface area contributed by atoms with Crippen LogP contribution in [0.4, 0.5) is 0 Å². The zero-order valence-corrected chi connectivity index (χ0v) is 16.1. The average molecular weight is 454 g/mol. The molecule has 0 saturated heterocycles. The van der Waals surface area contributed by atoms with Gasteiger partial charge in [0, 0.05) is 22.2 Å². The number of methoxy groups -OCH3 is 2. The smallest absolute Gasteiger partial charge is 0.252 e. The fourth-order valence-electron chi connectivity index (χ4n) is 2.17. The van der Waals surface area contributed by atoms with Crippen molar-refractivity contribution in [1.82, 2.24) is 10.6 Å². The first-order valence-electron chi connectivity index (χ1n) is 7.59. The van der Waals surface area contributed by atoms with Gasteiger partial charge in [0.05, 0.1) is 19.8 Å². The minimum Gasteiger partial charge on any atom is -0.493 e. The van der Waals surface area contributed by atoms with E-state index in [1.807, 2.05) is 6.07 Å². The van der Waals surface area contributed by atoms with E-state index in [1.165, 1.54) is 7.11 Å².